The molecule has 25 heavy (non-hydrogen) atoms. The number of rotatable bonds is 5. The minimum Gasteiger partial charge on any atom is -0.356 e. The third kappa shape index (κ3) is 5.11. The summed E-state index contributed by atoms with van der Waals surface area (Å²) in [7, 11) is 1.77. The summed E-state index contributed by atoms with van der Waals surface area (Å²) in [6.45, 7) is 8.48. The highest BCUT2D eigenvalue weighted by Crippen LogP contribution is 2.28. The number of nitrogens with zero attached hydrogens (tertiary/aromatic N) is 2. The van der Waals surface area contributed by atoms with Gasteiger partial charge in [0.25, 0.3) is 0 Å². The fourth-order valence-electron chi connectivity index (χ4n) is 3.13. The van der Waals surface area contributed by atoms with Crippen molar-refractivity contribution in [1.82, 2.24) is 15.5 Å². The van der Waals surface area contributed by atoms with Crippen LogP contribution in [-0.4, -0.2) is 49.5 Å². The zero-order valence-corrected chi connectivity index (χ0v) is 16.4. The monoisotopic (exact) mass is 364 g/mol. The number of aliphatic imine (C=N–C) groups is 1. The zero-order valence-electron chi connectivity index (χ0n) is 15.6. The average molecular weight is 365 g/mol. The van der Waals surface area contributed by atoms with E-state index >= 15 is 0 Å². The van der Waals surface area contributed by atoms with E-state index in [9.17, 15) is 4.79 Å². The lowest BCUT2D eigenvalue weighted by Crippen LogP contribution is -2.48. The van der Waals surface area contributed by atoms with Crippen molar-refractivity contribution in [3.8, 4) is 0 Å². The van der Waals surface area contributed by atoms with Crippen molar-refractivity contribution >= 4 is 23.5 Å². The molecule has 1 unspecified atom stereocenters. The van der Waals surface area contributed by atoms with Gasteiger partial charge in [0, 0.05) is 49.6 Å². The Labute approximate surface area is 155 Å². The lowest BCUT2D eigenvalue weighted by molar-refractivity contribution is -0.129. The maximum Gasteiger partial charge on any atom is 0.222 e. The molecule has 0 saturated carbocycles. The summed E-state index contributed by atoms with van der Waals surface area (Å²) in [6.07, 6.45) is 1.51. The Bertz CT molecular complexity index is 630. The van der Waals surface area contributed by atoms with E-state index in [0.717, 1.165) is 36.1 Å². The molecular formula is C19H29ClN4O. The van der Waals surface area contributed by atoms with E-state index in [4.69, 9.17) is 11.6 Å². The second-order valence-corrected chi connectivity index (χ2v) is 7.52. The van der Waals surface area contributed by atoms with E-state index in [1.807, 2.05) is 30.0 Å². The lowest BCUT2D eigenvalue weighted by atomic mass is 9.84. The normalized spacial score (nSPS) is 18.4. The van der Waals surface area contributed by atoms with Gasteiger partial charge in [-0.25, -0.2) is 0 Å². The standard InChI is InChI=1S/C19H29ClN4O/c1-5-17(25)24-11-10-14(12-24)23-18(21-4)22-13-19(2,3)15-8-6-7-9-16(15)20/h6-9,14H,5,10-13H2,1-4H3,(H2,21,22,23). The summed E-state index contributed by atoms with van der Waals surface area (Å²) < 4.78 is 0. The first-order chi connectivity index (χ1) is 11.9. The predicted octanol–water partition coefficient (Wildman–Crippen LogP) is 2.79. The Morgan fingerprint density at radius 1 is 1.40 bits per heavy atom. The first-order valence-electron chi connectivity index (χ1n) is 8.87. The predicted molar refractivity (Wildman–Crippen MR) is 104 cm³/mol. The van der Waals surface area contributed by atoms with Gasteiger partial charge in [-0.15, -0.1) is 0 Å². The van der Waals surface area contributed by atoms with E-state index in [1.54, 1.807) is 7.05 Å². The van der Waals surface area contributed by atoms with Crippen LogP contribution in [0.3, 0.4) is 0 Å². The number of carbonyl (C=O) groups is 1. The molecule has 1 aromatic carbocycles. The number of amides is 1. The summed E-state index contributed by atoms with van der Waals surface area (Å²) in [5.41, 5.74) is 0.982. The number of nitrogens with one attached hydrogen (secondary N) is 2. The molecule has 1 atom stereocenters. The number of halogens is 1. The molecule has 2 rings (SSSR count). The van der Waals surface area contributed by atoms with E-state index in [1.165, 1.54) is 0 Å². The Kier molecular flexibility index (Phi) is 6.71. The highest BCUT2D eigenvalue weighted by molar-refractivity contribution is 6.31. The van der Waals surface area contributed by atoms with Gasteiger partial charge >= 0.3 is 0 Å². The zero-order chi connectivity index (χ0) is 18.4. The number of hydrogen-bond acceptors (Lipinski definition) is 2. The van der Waals surface area contributed by atoms with Crippen LogP contribution in [0.4, 0.5) is 0 Å². The Hall–Kier alpha value is -1.75. The van der Waals surface area contributed by atoms with Crippen molar-refractivity contribution in [3.05, 3.63) is 34.9 Å². The Morgan fingerprint density at radius 2 is 2.12 bits per heavy atom. The molecule has 0 aromatic heterocycles. The minimum atomic E-state index is -0.129. The fraction of sp³-hybridized carbons (Fsp3) is 0.579. The van der Waals surface area contributed by atoms with Crippen LogP contribution in [0.15, 0.2) is 29.3 Å². The van der Waals surface area contributed by atoms with Crippen molar-refractivity contribution in [2.75, 3.05) is 26.7 Å². The van der Waals surface area contributed by atoms with Crippen LogP contribution in [0.5, 0.6) is 0 Å². The van der Waals surface area contributed by atoms with E-state index in [-0.39, 0.29) is 17.4 Å². The molecule has 0 bridgehead atoms. The van der Waals surface area contributed by atoms with Crippen molar-refractivity contribution in [3.63, 3.8) is 0 Å². The Morgan fingerprint density at radius 3 is 2.76 bits per heavy atom. The first kappa shape index (κ1) is 19.6. The number of carbonyl (C=O) groups excluding carboxylic acids is 1. The van der Waals surface area contributed by atoms with E-state index in [2.05, 4.69) is 35.5 Å². The minimum absolute atomic E-state index is 0.129. The number of likely N-dealkylation sites (tertiary alicyclic amines) is 1. The van der Waals surface area contributed by atoms with E-state index < -0.39 is 0 Å². The molecule has 5 nitrogen and oxygen atoms in total. The molecule has 1 fully saturated rings. The number of benzene rings is 1. The van der Waals surface area contributed by atoms with Gasteiger partial charge < -0.3 is 15.5 Å². The van der Waals surface area contributed by atoms with Crippen molar-refractivity contribution in [2.45, 2.75) is 45.1 Å². The maximum atomic E-state index is 11.8. The molecular weight excluding hydrogens is 336 g/mol. The molecule has 1 aliphatic rings. The topological polar surface area (TPSA) is 56.7 Å². The smallest absolute Gasteiger partial charge is 0.222 e. The fourth-order valence-corrected chi connectivity index (χ4v) is 3.52. The van der Waals surface area contributed by atoms with Crippen LogP contribution in [0.25, 0.3) is 0 Å². The number of hydrogen-bond donors (Lipinski definition) is 2. The number of guanidine groups is 1. The molecule has 1 amide bonds. The van der Waals surface area contributed by atoms with Gasteiger partial charge in [0.2, 0.25) is 5.91 Å². The summed E-state index contributed by atoms with van der Waals surface area (Å²) in [4.78, 5) is 18.0. The van der Waals surface area contributed by atoms with Gasteiger partial charge in [0.1, 0.15) is 0 Å². The molecule has 138 valence electrons. The first-order valence-corrected chi connectivity index (χ1v) is 9.25. The van der Waals surface area contributed by atoms with Crippen LogP contribution in [0.2, 0.25) is 5.02 Å². The van der Waals surface area contributed by atoms with E-state index in [0.29, 0.717) is 13.0 Å². The summed E-state index contributed by atoms with van der Waals surface area (Å²) >= 11 is 6.34. The van der Waals surface area contributed by atoms with Gasteiger partial charge in [0.15, 0.2) is 5.96 Å². The SMILES string of the molecule is CCC(=O)N1CCC(NC(=NC)NCC(C)(C)c2ccccc2Cl)C1. The average Bonchev–Trinajstić information content (AvgIpc) is 3.06. The van der Waals surface area contributed by atoms with Gasteiger partial charge in [-0.3, -0.25) is 9.79 Å². The van der Waals surface area contributed by atoms with Gasteiger partial charge in [-0.1, -0.05) is 50.6 Å². The molecule has 2 N–H and O–H groups in total. The van der Waals surface area contributed by atoms with Crippen molar-refractivity contribution in [1.29, 1.82) is 0 Å². The molecule has 1 saturated heterocycles. The van der Waals surface area contributed by atoms with Crippen LogP contribution in [0, 0.1) is 0 Å². The molecule has 0 radical (unpaired) electrons. The third-order valence-corrected chi connectivity index (χ3v) is 5.04. The largest absolute Gasteiger partial charge is 0.356 e. The molecule has 0 spiro atoms. The van der Waals surface area contributed by atoms with Crippen LogP contribution in [-0.2, 0) is 10.2 Å². The molecule has 1 aromatic rings. The maximum absolute atomic E-state index is 11.8. The lowest BCUT2D eigenvalue weighted by Gasteiger charge is -2.28. The molecule has 1 heterocycles. The molecule has 0 aliphatic carbocycles. The second-order valence-electron chi connectivity index (χ2n) is 7.11. The third-order valence-electron chi connectivity index (χ3n) is 4.71. The van der Waals surface area contributed by atoms with Crippen LogP contribution < -0.4 is 10.6 Å². The summed E-state index contributed by atoms with van der Waals surface area (Å²) in [5.74, 6) is 0.975. The van der Waals surface area contributed by atoms with Crippen molar-refractivity contribution < 1.29 is 4.79 Å². The Balaban J connectivity index is 1.91. The quantitative estimate of drug-likeness (QED) is 0.624. The summed E-state index contributed by atoms with van der Waals surface area (Å²) in [5, 5.41) is 7.60. The van der Waals surface area contributed by atoms with Gasteiger partial charge in [-0.05, 0) is 18.1 Å². The second kappa shape index (κ2) is 8.56. The summed E-state index contributed by atoms with van der Waals surface area (Å²) in [6, 6.07) is 8.17. The van der Waals surface area contributed by atoms with Crippen molar-refractivity contribution in [2.24, 2.45) is 4.99 Å². The molecule has 6 heteroatoms. The van der Waals surface area contributed by atoms with Crippen LogP contribution >= 0.6 is 11.6 Å². The highest BCUT2D eigenvalue weighted by Gasteiger charge is 2.27. The molecule has 1 aliphatic heterocycles. The highest BCUT2D eigenvalue weighted by atomic mass is 35.5. The van der Waals surface area contributed by atoms with Crippen LogP contribution in [0.1, 0.15) is 39.2 Å². The van der Waals surface area contributed by atoms with Gasteiger partial charge in [0.05, 0.1) is 0 Å². The van der Waals surface area contributed by atoms with Gasteiger partial charge in [-0.2, -0.15) is 0 Å².